The maximum absolute atomic E-state index is 13.9. The highest BCUT2D eigenvalue weighted by Crippen LogP contribution is 2.26. The van der Waals surface area contributed by atoms with E-state index in [2.05, 4.69) is 9.97 Å². The first kappa shape index (κ1) is 12.5. The number of para-hydroxylation sites is 1. The summed E-state index contributed by atoms with van der Waals surface area (Å²) >= 11 is 0. The lowest BCUT2D eigenvalue weighted by Gasteiger charge is -2.07. The summed E-state index contributed by atoms with van der Waals surface area (Å²) < 4.78 is 27.2. The Hall–Kier alpha value is -2.56. The van der Waals surface area contributed by atoms with Gasteiger partial charge in [-0.05, 0) is 30.7 Å². The summed E-state index contributed by atoms with van der Waals surface area (Å²) in [5, 5.41) is 0.704. The van der Waals surface area contributed by atoms with Crippen LogP contribution in [0.5, 0.6) is 0 Å². The number of hydrogen-bond donors (Lipinski definition) is 1. The van der Waals surface area contributed by atoms with E-state index in [1.807, 2.05) is 12.1 Å². The van der Waals surface area contributed by atoms with Crippen molar-refractivity contribution in [3.05, 3.63) is 53.6 Å². The molecule has 1 heterocycles. The van der Waals surface area contributed by atoms with Gasteiger partial charge in [0.05, 0.1) is 11.1 Å². The fourth-order valence-corrected chi connectivity index (χ4v) is 2.05. The molecule has 0 bridgehead atoms. The molecular formula is C15H11F2N3. The van der Waals surface area contributed by atoms with E-state index in [4.69, 9.17) is 5.73 Å². The van der Waals surface area contributed by atoms with Crippen molar-refractivity contribution in [3.63, 3.8) is 0 Å². The number of nitrogens with zero attached hydrogens (tertiary/aromatic N) is 2. The monoisotopic (exact) mass is 271 g/mol. The molecule has 3 nitrogen and oxygen atoms in total. The van der Waals surface area contributed by atoms with Gasteiger partial charge in [0.25, 0.3) is 0 Å². The molecule has 0 atom stereocenters. The molecule has 0 radical (unpaired) electrons. The zero-order chi connectivity index (χ0) is 14.3. The Morgan fingerprint density at radius 1 is 1.00 bits per heavy atom. The lowest BCUT2D eigenvalue weighted by molar-refractivity contribution is 0.579. The number of nitrogens with two attached hydrogens (primary N) is 1. The molecular weight excluding hydrogens is 260 g/mol. The van der Waals surface area contributed by atoms with Gasteiger partial charge in [-0.3, -0.25) is 0 Å². The molecule has 0 saturated heterocycles. The van der Waals surface area contributed by atoms with Crippen LogP contribution >= 0.6 is 0 Å². The third kappa shape index (κ3) is 1.97. The Balaban J connectivity index is 2.27. The minimum absolute atomic E-state index is 0.140. The van der Waals surface area contributed by atoms with Crippen LogP contribution in [0, 0.1) is 18.6 Å². The highest BCUT2D eigenvalue weighted by Gasteiger charge is 2.13. The Kier molecular flexibility index (Phi) is 2.82. The van der Waals surface area contributed by atoms with E-state index in [0.717, 1.165) is 6.07 Å². The van der Waals surface area contributed by atoms with Gasteiger partial charge < -0.3 is 5.73 Å². The molecule has 1 aromatic heterocycles. The molecule has 0 aliphatic carbocycles. The summed E-state index contributed by atoms with van der Waals surface area (Å²) in [6.45, 7) is 1.56. The third-order valence-electron chi connectivity index (χ3n) is 3.12. The maximum atomic E-state index is 13.9. The van der Waals surface area contributed by atoms with E-state index in [-0.39, 0.29) is 17.2 Å². The van der Waals surface area contributed by atoms with Crippen LogP contribution in [-0.4, -0.2) is 9.97 Å². The molecule has 0 amide bonds. The van der Waals surface area contributed by atoms with E-state index in [0.29, 0.717) is 16.5 Å². The molecule has 2 N–H and O–H groups in total. The van der Waals surface area contributed by atoms with Crippen LogP contribution in [0.3, 0.4) is 0 Å². The Morgan fingerprint density at radius 2 is 1.75 bits per heavy atom. The summed E-state index contributed by atoms with van der Waals surface area (Å²) in [7, 11) is 0. The van der Waals surface area contributed by atoms with Crippen molar-refractivity contribution in [2.24, 2.45) is 0 Å². The quantitative estimate of drug-likeness (QED) is 0.737. The van der Waals surface area contributed by atoms with Crippen molar-refractivity contribution < 1.29 is 8.78 Å². The topological polar surface area (TPSA) is 51.8 Å². The average molecular weight is 271 g/mol. The molecule has 0 unspecified atom stereocenters. The first-order chi connectivity index (χ1) is 9.56. The molecule has 100 valence electrons. The fourth-order valence-electron chi connectivity index (χ4n) is 2.05. The first-order valence-electron chi connectivity index (χ1n) is 6.04. The van der Waals surface area contributed by atoms with E-state index in [1.54, 1.807) is 19.1 Å². The molecule has 0 fully saturated rings. The number of fused-ring (bicyclic) bond motifs is 1. The molecule has 20 heavy (non-hydrogen) atoms. The zero-order valence-electron chi connectivity index (χ0n) is 10.7. The second-order valence-corrected chi connectivity index (χ2v) is 4.53. The maximum Gasteiger partial charge on any atom is 0.165 e. The molecule has 0 saturated carbocycles. The summed E-state index contributed by atoms with van der Waals surface area (Å²) in [5.74, 6) is -0.878. The normalized spacial score (nSPS) is 10.9. The van der Waals surface area contributed by atoms with Crippen molar-refractivity contribution >= 4 is 16.7 Å². The summed E-state index contributed by atoms with van der Waals surface area (Å²) in [4.78, 5) is 8.39. The minimum atomic E-state index is -0.706. The molecule has 3 aromatic rings. The number of halogens is 2. The Labute approximate surface area is 114 Å². The third-order valence-corrected chi connectivity index (χ3v) is 3.12. The van der Waals surface area contributed by atoms with Gasteiger partial charge in [-0.1, -0.05) is 12.1 Å². The number of rotatable bonds is 1. The highest BCUT2D eigenvalue weighted by atomic mass is 19.1. The smallest absolute Gasteiger partial charge is 0.165 e. The summed E-state index contributed by atoms with van der Waals surface area (Å²) in [6, 6.07) is 9.41. The lowest BCUT2D eigenvalue weighted by atomic mass is 10.1. The van der Waals surface area contributed by atoms with Gasteiger partial charge in [0.1, 0.15) is 17.5 Å². The van der Waals surface area contributed by atoms with E-state index < -0.39 is 11.6 Å². The van der Waals surface area contributed by atoms with Gasteiger partial charge >= 0.3 is 0 Å². The second kappa shape index (κ2) is 4.52. The van der Waals surface area contributed by atoms with Gasteiger partial charge in [0.2, 0.25) is 0 Å². The number of aryl methyl sites for hydroxylation is 1. The van der Waals surface area contributed by atoms with Gasteiger partial charge in [-0.15, -0.1) is 0 Å². The Bertz CT molecular complexity index is 816. The number of benzene rings is 2. The van der Waals surface area contributed by atoms with E-state index >= 15 is 0 Å². The number of aromatic nitrogens is 2. The first-order valence-corrected chi connectivity index (χ1v) is 6.04. The molecule has 5 heteroatoms. The average Bonchev–Trinajstić information content (AvgIpc) is 2.43. The van der Waals surface area contributed by atoms with Crippen molar-refractivity contribution in [1.29, 1.82) is 0 Å². The van der Waals surface area contributed by atoms with Gasteiger partial charge in [0, 0.05) is 11.5 Å². The molecule has 0 aliphatic heterocycles. The fraction of sp³-hybridized carbons (Fsp3) is 0.0667. The highest BCUT2D eigenvalue weighted by molar-refractivity contribution is 5.89. The predicted molar refractivity (Wildman–Crippen MR) is 74.0 cm³/mol. The minimum Gasteiger partial charge on any atom is -0.383 e. The standard InChI is InChI=1S/C15H11F2N3/c1-8-6-10(12(17)7-11(8)16)15-19-13-5-3-2-4-9(13)14(18)20-15/h2-7H,1H3,(H2,18,19,20). The number of nitrogen functional groups attached to an aromatic ring is 1. The van der Waals surface area contributed by atoms with Crippen LogP contribution in [0.1, 0.15) is 5.56 Å². The van der Waals surface area contributed by atoms with Crippen LogP contribution in [0.2, 0.25) is 0 Å². The van der Waals surface area contributed by atoms with Gasteiger partial charge in [-0.2, -0.15) is 0 Å². The van der Waals surface area contributed by atoms with Gasteiger partial charge in [-0.25, -0.2) is 18.7 Å². The molecule has 2 aromatic carbocycles. The molecule has 0 aliphatic rings. The largest absolute Gasteiger partial charge is 0.383 e. The SMILES string of the molecule is Cc1cc(-c2nc(N)c3ccccc3n2)c(F)cc1F. The van der Waals surface area contributed by atoms with Crippen molar-refractivity contribution in [2.75, 3.05) is 5.73 Å². The van der Waals surface area contributed by atoms with Crippen LogP contribution in [0.4, 0.5) is 14.6 Å². The van der Waals surface area contributed by atoms with Crippen LogP contribution in [-0.2, 0) is 0 Å². The number of anilines is 1. The van der Waals surface area contributed by atoms with Crippen LogP contribution < -0.4 is 5.73 Å². The van der Waals surface area contributed by atoms with Crippen LogP contribution in [0.25, 0.3) is 22.3 Å². The second-order valence-electron chi connectivity index (χ2n) is 4.53. The van der Waals surface area contributed by atoms with E-state index in [9.17, 15) is 8.78 Å². The molecule has 0 spiro atoms. The van der Waals surface area contributed by atoms with Crippen LogP contribution in [0.15, 0.2) is 36.4 Å². The predicted octanol–water partition coefficient (Wildman–Crippen LogP) is 3.47. The summed E-state index contributed by atoms with van der Waals surface area (Å²) in [5.41, 5.74) is 6.96. The van der Waals surface area contributed by atoms with Crippen molar-refractivity contribution in [1.82, 2.24) is 9.97 Å². The van der Waals surface area contributed by atoms with Gasteiger partial charge in [0.15, 0.2) is 5.82 Å². The lowest BCUT2D eigenvalue weighted by Crippen LogP contribution is -2.00. The van der Waals surface area contributed by atoms with E-state index in [1.165, 1.54) is 6.07 Å². The van der Waals surface area contributed by atoms with Crippen molar-refractivity contribution in [2.45, 2.75) is 6.92 Å². The Morgan fingerprint density at radius 3 is 2.55 bits per heavy atom. The molecule has 3 rings (SSSR count). The number of hydrogen-bond acceptors (Lipinski definition) is 3. The zero-order valence-corrected chi connectivity index (χ0v) is 10.7. The van der Waals surface area contributed by atoms with Crippen molar-refractivity contribution in [3.8, 4) is 11.4 Å². The summed E-state index contributed by atoms with van der Waals surface area (Å²) in [6.07, 6.45) is 0.